The minimum Gasteiger partial charge on any atom is -0.323 e. The van der Waals surface area contributed by atoms with Crippen molar-refractivity contribution in [1.82, 2.24) is 24.9 Å². The van der Waals surface area contributed by atoms with Gasteiger partial charge in [-0.25, -0.2) is 4.79 Å². The van der Waals surface area contributed by atoms with Crippen molar-refractivity contribution in [2.24, 2.45) is 7.05 Å². The lowest BCUT2D eigenvalue weighted by molar-refractivity contribution is 0.166. The van der Waals surface area contributed by atoms with Crippen LogP contribution in [-0.2, 0) is 13.5 Å². The fourth-order valence-electron chi connectivity index (χ4n) is 3.13. The molecule has 2 saturated heterocycles. The van der Waals surface area contributed by atoms with Crippen LogP contribution < -0.4 is 5.32 Å². The highest BCUT2D eigenvalue weighted by atomic mass is 16.2. The molecule has 0 atom stereocenters. The first-order chi connectivity index (χ1) is 9.74. The van der Waals surface area contributed by atoms with E-state index in [2.05, 4.69) is 15.3 Å². The summed E-state index contributed by atoms with van der Waals surface area (Å²) >= 11 is 0. The SMILES string of the molecule is Cn1cc(CCN2CCN(C3CCNCC3)C2=O)cn1. The average molecular weight is 277 g/mol. The average Bonchev–Trinajstić information content (AvgIpc) is 3.04. The Hall–Kier alpha value is -1.56. The topological polar surface area (TPSA) is 53.4 Å². The van der Waals surface area contributed by atoms with E-state index in [1.807, 2.05) is 29.0 Å². The number of hydrogen-bond acceptors (Lipinski definition) is 3. The van der Waals surface area contributed by atoms with Gasteiger partial charge in [-0.15, -0.1) is 0 Å². The van der Waals surface area contributed by atoms with Crippen molar-refractivity contribution in [1.29, 1.82) is 0 Å². The maximum atomic E-state index is 12.4. The van der Waals surface area contributed by atoms with Crippen LogP contribution in [0.15, 0.2) is 12.4 Å². The van der Waals surface area contributed by atoms with Crippen molar-refractivity contribution in [2.45, 2.75) is 25.3 Å². The van der Waals surface area contributed by atoms with Gasteiger partial charge in [0.05, 0.1) is 6.20 Å². The molecule has 1 aromatic heterocycles. The Morgan fingerprint density at radius 2 is 2.15 bits per heavy atom. The Labute approximate surface area is 119 Å². The molecule has 110 valence electrons. The van der Waals surface area contributed by atoms with Crippen LogP contribution >= 0.6 is 0 Å². The first-order valence-electron chi connectivity index (χ1n) is 7.48. The van der Waals surface area contributed by atoms with Crippen molar-refractivity contribution in [3.05, 3.63) is 18.0 Å². The van der Waals surface area contributed by atoms with Crippen LogP contribution in [0.2, 0.25) is 0 Å². The van der Waals surface area contributed by atoms with Gasteiger partial charge in [0, 0.05) is 38.9 Å². The van der Waals surface area contributed by atoms with Gasteiger partial charge in [0.15, 0.2) is 0 Å². The third kappa shape index (κ3) is 2.80. The van der Waals surface area contributed by atoms with Crippen LogP contribution in [0.1, 0.15) is 18.4 Å². The van der Waals surface area contributed by atoms with Crippen molar-refractivity contribution in [3.8, 4) is 0 Å². The Morgan fingerprint density at radius 1 is 1.35 bits per heavy atom. The van der Waals surface area contributed by atoms with E-state index in [0.717, 1.165) is 52.0 Å². The van der Waals surface area contributed by atoms with Gasteiger partial charge in [0.25, 0.3) is 0 Å². The van der Waals surface area contributed by atoms with E-state index in [4.69, 9.17) is 0 Å². The first-order valence-corrected chi connectivity index (χ1v) is 7.48. The van der Waals surface area contributed by atoms with E-state index in [0.29, 0.717) is 6.04 Å². The number of rotatable bonds is 4. The molecule has 2 aliphatic heterocycles. The highest BCUT2D eigenvalue weighted by Gasteiger charge is 2.33. The molecule has 6 heteroatoms. The molecule has 0 aliphatic carbocycles. The van der Waals surface area contributed by atoms with E-state index in [-0.39, 0.29) is 6.03 Å². The maximum absolute atomic E-state index is 12.4. The van der Waals surface area contributed by atoms with E-state index in [1.54, 1.807) is 0 Å². The molecule has 0 spiro atoms. The molecule has 20 heavy (non-hydrogen) atoms. The Balaban J connectivity index is 1.52. The van der Waals surface area contributed by atoms with Gasteiger partial charge >= 0.3 is 6.03 Å². The molecule has 0 bridgehead atoms. The Morgan fingerprint density at radius 3 is 2.85 bits per heavy atom. The molecule has 3 heterocycles. The second kappa shape index (κ2) is 5.83. The third-order valence-electron chi connectivity index (χ3n) is 4.31. The number of carbonyl (C=O) groups excluding carboxylic acids is 1. The van der Waals surface area contributed by atoms with E-state index < -0.39 is 0 Å². The highest BCUT2D eigenvalue weighted by Crippen LogP contribution is 2.19. The summed E-state index contributed by atoms with van der Waals surface area (Å²) in [5.41, 5.74) is 1.20. The van der Waals surface area contributed by atoms with Crippen LogP contribution in [0.3, 0.4) is 0 Å². The molecular weight excluding hydrogens is 254 g/mol. The summed E-state index contributed by atoms with van der Waals surface area (Å²) in [6.45, 7) is 4.61. The van der Waals surface area contributed by atoms with Crippen molar-refractivity contribution in [2.75, 3.05) is 32.7 Å². The quantitative estimate of drug-likeness (QED) is 0.869. The molecule has 1 N–H and O–H groups in total. The van der Waals surface area contributed by atoms with Crippen LogP contribution in [0.4, 0.5) is 4.79 Å². The fourth-order valence-corrected chi connectivity index (χ4v) is 3.13. The number of nitrogens with one attached hydrogen (secondary N) is 1. The standard InChI is InChI=1S/C14H23N5O/c1-17-11-12(10-16-17)4-7-18-8-9-19(14(18)20)13-2-5-15-6-3-13/h10-11,13,15H,2-9H2,1H3. The summed E-state index contributed by atoms with van der Waals surface area (Å²) in [5, 5.41) is 7.52. The van der Waals surface area contributed by atoms with Crippen molar-refractivity contribution in [3.63, 3.8) is 0 Å². The summed E-state index contributed by atoms with van der Waals surface area (Å²) in [7, 11) is 1.92. The number of aryl methyl sites for hydroxylation is 1. The molecular formula is C14H23N5O. The van der Waals surface area contributed by atoms with E-state index in [1.165, 1.54) is 5.56 Å². The summed E-state index contributed by atoms with van der Waals surface area (Å²) < 4.78 is 1.81. The zero-order valence-electron chi connectivity index (χ0n) is 12.1. The normalized spacial score (nSPS) is 20.9. The van der Waals surface area contributed by atoms with Gasteiger partial charge in [-0.2, -0.15) is 5.10 Å². The van der Waals surface area contributed by atoms with Crippen molar-refractivity contribution < 1.29 is 4.79 Å². The van der Waals surface area contributed by atoms with Gasteiger partial charge in [0.1, 0.15) is 0 Å². The molecule has 1 aromatic rings. The Kier molecular flexibility index (Phi) is 3.91. The summed E-state index contributed by atoms with van der Waals surface area (Å²) in [6.07, 6.45) is 6.96. The van der Waals surface area contributed by atoms with Gasteiger partial charge in [-0.05, 0) is 37.9 Å². The monoisotopic (exact) mass is 277 g/mol. The summed E-state index contributed by atoms with van der Waals surface area (Å²) in [4.78, 5) is 16.5. The number of piperidine rings is 1. The second-order valence-electron chi connectivity index (χ2n) is 5.72. The van der Waals surface area contributed by atoms with Crippen molar-refractivity contribution >= 4 is 6.03 Å². The minimum atomic E-state index is 0.223. The van der Waals surface area contributed by atoms with Crippen LogP contribution in [-0.4, -0.2) is 64.4 Å². The Bertz CT molecular complexity index is 466. The number of hydrogen-bond donors (Lipinski definition) is 1. The molecule has 0 saturated carbocycles. The number of nitrogens with zero attached hydrogens (tertiary/aromatic N) is 4. The van der Waals surface area contributed by atoms with Crippen LogP contribution in [0.25, 0.3) is 0 Å². The summed E-state index contributed by atoms with van der Waals surface area (Å²) in [5.74, 6) is 0. The minimum absolute atomic E-state index is 0.223. The predicted octanol–water partition coefficient (Wildman–Crippen LogP) is 0.452. The highest BCUT2D eigenvalue weighted by molar-refractivity contribution is 5.76. The van der Waals surface area contributed by atoms with E-state index in [9.17, 15) is 4.79 Å². The molecule has 6 nitrogen and oxygen atoms in total. The van der Waals surface area contributed by atoms with Gasteiger partial charge in [-0.3, -0.25) is 4.68 Å². The number of aromatic nitrogens is 2. The molecule has 2 fully saturated rings. The predicted molar refractivity (Wildman–Crippen MR) is 76.5 cm³/mol. The first kappa shape index (κ1) is 13.4. The fraction of sp³-hybridized carbons (Fsp3) is 0.714. The molecule has 2 amide bonds. The molecule has 0 aromatic carbocycles. The van der Waals surface area contributed by atoms with E-state index >= 15 is 0 Å². The lowest BCUT2D eigenvalue weighted by Gasteiger charge is -2.31. The lowest BCUT2D eigenvalue weighted by atomic mass is 10.1. The van der Waals surface area contributed by atoms with Crippen LogP contribution in [0.5, 0.6) is 0 Å². The lowest BCUT2D eigenvalue weighted by Crippen LogP contribution is -2.45. The molecule has 0 radical (unpaired) electrons. The zero-order valence-corrected chi connectivity index (χ0v) is 12.1. The summed E-state index contributed by atoms with van der Waals surface area (Å²) in [6, 6.07) is 0.660. The molecule has 0 unspecified atom stereocenters. The second-order valence-corrected chi connectivity index (χ2v) is 5.72. The van der Waals surface area contributed by atoms with Gasteiger partial charge in [-0.1, -0.05) is 0 Å². The van der Waals surface area contributed by atoms with Crippen LogP contribution in [0, 0.1) is 0 Å². The maximum Gasteiger partial charge on any atom is 0.320 e. The number of carbonyl (C=O) groups is 1. The third-order valence-corrected chi connectivity index (χ3v) is 4.31. The number of amides is 2. The smallest absolute Gasteiger partial charge is 0.320 e. The molecule has 3 rings (SSSR count). The molecule has 2 aliphatic rings. The van der Waals surface area contributed by atoms with Gasteiger partial charge in [0.2, 0.25) is 0 Å². The van der Waals surface area contributed by atoms with Gasteiger partial charge < -0.3 is 15.1 Å². The zero-order chi connectivity index (χ0) is 13.9. The number of urea groups is 1. The largest absolute Gasteiger partial charge is 0.323 e.